The van der Waals surface area contributed by atoms with Gasteiger partial charge in [-0.3, -0.25) is 0 Å². The SMILES string of the molecule is CC(C)(C)c1nc(CNC(=O)NCC(O)c2ccc(F)cc2)no1. The predicted molar refractivity (Wildman–Crippen MR) is 84.6 cm³/mol. The quantitative estimate of drug-likeness (QED) is 0.776. The second-order valence-corrected chi connectivity index (χ2v) is 6.40. The Morgan fingerprint density at radius 1 is 1.29 bits per heavy atom. The number of nitrogens with one attached hydrogen (secondary N) is 2. The van der Waals surface area contributed by atoms with Crippen LogP contribution in [0.1, 0.15) is 44.2 Å². The standard InChI is InChI=1S/C16H21FN4O3/c1-16(2,3)14-20-13(21-24-14)9-19-15(23)18-8-12(22)10-4-6-11(17)7-5-10/h4-7,12,22H,8-9H2,1-3H3,(H2,18,19,23). The van der Waals surface area contributed by atoms with Crippen molar-refractivity contribution in [1.82, 2.24) is 20.8 Å². The number of urea groups is 1. The van der Waals surface area contributed by atoms with Gasteiger partial charge in [-0.2, -0.15) is 4.98 Å². The van der Waals surface area contributed by atoms with Crippen LogP contribution in [0.15, 0.2) is 28.8 Å². The maximum atomic E-state index is 12.8. The van der Waals surface area contributed by atoms with Crippen molar-refractivity contribution < 1.29 is 18.8 Å². The molecular weight excluding hydrogens is 315 g/mol. The van der Waals surface area contributed by atoms with Crippen LogP contribution >= 0.6 is 0 Å². The number of hydrogen-bond donors (Lipinski definition) is 3. The van der Waals surface area contributed by atoms with Crippen molar-refractivity contribution in [3.05, 3.63) is 47.4 Å². The molecule has 8 heteroatoms. The molecular formula is C16H21FN4O3. The van der Waals surface area contributed by atoms with E-state index in [9.17, 15) is 14.3 Å². The molecule has 1 unspecified atom stereocenters. The number of aliphatic hydroxyl groups is 1. The number of aromatic nitrogens is 2. The lowest BCUT2D eigenvalue weighted by molar-refractivity contribution is 0.173. The van der Waals surface area contributed by atoms with Gasteiger partial charge in [0.15, 0.2) is 5.82 Å². The maximum absolute atomic E-state index is 12.8. The Bertz CT molecular complexity index is 679. The zero-order valence-electron chi connectivity index (χ0n) is 13.8. The molecule has 3 N–H and O–H groups in total. The Hall–Kier alpha value is -2.48. The Labute approximate surface area is 139 Å². The van der Waals surface area contributed by atoms with Gasteiger partial charge in [0.1, 0.15) is 5.82 Å². The molecule has 2 aromatic rings. The third-order valence-electron chi connectivity index (χ3n) is 3.23. The summed E-state index contributed by atoms with van der Waals surface area (Å²) in [7, 11) is 0. The molecule has 130 valence electrons. The zero-order chi connectivity index (χ0) is 17.7. The summed E-state index contributed by atoms with van der Waals surface area (Å²) in [6.07, 6.45) is -0.922. The predicted octanol–water partition coefficient (Wildman–Crippen LogP) is 2.04. The number of carbonyl (C=O) groups is 1. The van der Waals surface area contributed by atoms with Gasteiger partial charge in [0.2, 0.25) is 5.89 Å². The molecule has 0 bridgehead atoms. The average molecular weight is 336 g/mol. The third kappa shape index (κ3) is 5.02. The Morgan fingerprint density at radius 3 is 2.54 bits per heavy atom. The van der Waals surface area contributed by atoms with Crippen molar-refractivity contribution in [2.24, 2.45) is 0 Å². The first kappa shape index (κ1) is 17.9. The van der Waals surface area contributed by atoms with Crippen LogP contribution < -0.4 is 10.6 Å². The fourth-order valence-corrected chi connectivity index (χ4v) is 1.84. The van der Waals surface area contributed by atoms with Crippen molar-refractivity contribution in [2.45, 2.75) is 38.8 Å². The molecule has 0 spiro atoms. The maximum Gasteiger partial charge on any atom is 0.315 e. The number of hydrogen-bond acceptors (Lipinski definition) is 5. The fourth-order valence-electron chi connectivity index (χ4n) is 1.84. The van der Waals surface area contributed by atoms with Crippen molar-refractivity contribution in [3.63, 3.8) is 0 Å². The molecule has 2 amide bonds. The highest BCUT2D eigenvalue weighted by atomic mass is 19.1. The van der Waals surface area contributed by atoms with Crippen molar-refractivity contribution in [1.29, 1.82) is 0 Å². The first-order valence-corrected chi connectivity index (χ1v) is 7.54. The summed E-state index contributed by atoms with van der Waals surface area (Å²) in [5.74, 6) is 0.479. The van der Waals surface area contributed by atoms with Gasteiger partial charge in [-0.25, -0.2) is 9.18 Å². The minimum absolute atomic E-state index is 0.00302. The van der Waals surface area contributed by atoms with Crippen LogP contribution in [0.3, 0.4) is 0 Å². The number of rotatable bonds is 5. The minimum atomic E-state index is -0.922. The second kappa shape index (κ2) is 7.39. The van der Waals surface area contributed by atoms with Gasteiger partial charge in [-0.15, -0.1) is 0 Å². The van der Waals surface area contributed by atoms with Crippen LogP contribution in [0, 0.1) is 5.82 Å². The van der Waals surface area contributed by atoms with Crippen LogP contribution in [0.4, 0.5) is 9.18 Å². The van der Waals surface area contributed by atoms with Gasteiger partial charge in [0, 0.05) is 12.0 Å². The van der Waals surface area contributed by atoms with Crippen LogP contribution in [0.5, 0.6) is 0 Å². The molecule has 1 heterocycles. The molecule has 0 aliphatic heterocycles. The Kier molecular flexibility index (Phi) is 5.50. The van der Waals surface area contributed by atoms with Gasteiger partial charge in [-0.1, -0.05) is 38.1 Å². The summed E-state index contributed by atoms with van der Waals surface area (Å²) in [5.41, 5.74) is 0.261. The molecule has 1 atom stereocenters. The summed E-state index contributed by atoms with van der Waals surface area (Å²) >= 11 is 0. The van der Waals surface area contributed by atoms with Gasteiger partial charge in [-0.05, 0) is 17.7 Å². The van der Waals surface area contributed by atoms with E-state index in [4.69, 9.17) is 4.52 Å². The number of halogens is 1. The van der Waals surface area contributed by atoms with E-state index >= 15 is 0 Å². The monoisotopic (exact) mass is 336 g/mol. The lowest BCUT2D eigenvalue weighted by Gasteiger charge is -2.12. The fraction of sp³-hybridized carbons (Fsp3) is 0.438. The summed E-state index contributed by atoms with van der Waals surface area (Å²) < 4.78 is 17.9. The normalized spacial score (nSPS) is 12.7. The molecule has 0 aliphatic carbocycles. The Balaban J connectivity index is 1.77. The number of benzene rings is 1. The smallest absolute Gasteiger partial charge is 0.315 e. The first-order chi connectivity index (χ1) is 11.3. The number of nitrogens with zero attached hydrogens (tertiary/aromatic N) is 2. The van der Waals surface area contributed by atoms with Crippen LogP contribution in [-0.4, -0.2) is 27.8 Å². The molecule has 7 nitrogen and oxygen atoms in total. The van der Waals surface area contributed by atoms with E-state index in [1.54, 1.807) is 0 Å². The topological polar surface area (TPSA) is 100 Å². The number of amides is 2. The molecule has 24 heavy (non-hydrogen) atoms. The van der Waals surface area contributed by atoms with E-state index in [-0.39, 0.29) is 24.3 Å². The van der Waals surface area contributed by atoms with Crippen molar-refractivity contribution in [2.75, 3.05) is 6.54 Å². The first-order valence-electron chi connectivity index (χ1n) is 7.54. The molecule has 0 saturated carbocycles. The van der Waals surface area contributed by atoms with E-state index in [1.807, 2.05) is 20.8 Å². The highest BCUT2D eigenvalue weighted by Crippen LogP contribution is 2.19. The molecule has 1 aromatic carbocycles. The minimum Gasteiger partial charge on any atom is -0.387 e. The van der Waals surface area contributed by atoms with Gasteiger partial charge >= 0.3 is 6.03 Å². The van der Waals surface area contributed by atoms with Gasteiger partial charge < -0.3 is 20.3 Å². The highest BCUT2D eigenvalue weighted by Gasteiger charge is 2.21. The van der Waals surface area contributed by atoms with Crippen LogP contribution in [0.2, 0.25) is 0 Å². The summed E-state index contributed by atoms with van der Waals surface area (Å²) in [6.45, 7) is 5.94. The molecule has 0 fully saturated rings. The average Bonchev–Trinajstić information content (AvgIpc) is 3.00. The van der Waals surface area contributed by atoms with E-state index in [0.717, 1.165) is 0 Å². The molecule has 2 rings (SSSR count). The Morgan fingerprint density at radius 2 is 1.96 bits per heavy atom. The van der Waals surface area contributed by atoms with E-state index in [0.29, 0.717) is 17.3 Å². The molecule has 0 saturated heterocycles. The number of carbonyl (C=O) groups excluding carboxylic acids is 1. The molecule has 1 aromatic heterocycles. The molecule has 0 radical (unpaired) electrons. The summed E-state index contributed by atoms with van der Waals surface area (Å²) in [6, 6.07) is 4.96. The highest BCUT2D eigenvalue weighted by molar-refractivity contribution is 5.73. The van der Waals surface area contributed by atoms with E-state index in [1.165, 1.54) is 24.3 Å². The zero-order valence-corrected chi connectivity index (χ0v) is 13.8. The van der Waals surface area contributed by atoms with E-state index < -0.39 is 12.1 Å². The van der Waals surface area contributed by atoms with Crippen LogP contribution in [0.25, 0.3) is 0 Å². The van der Waals surface area contributed by atoms with E-state index in [2.05, 4.69) is 20.8 Å². The van der Waals surface area contributed by atoms with Gasteiger partial charge in [0.25, 0.3) is 0 Å². The lowest BCUT2D eigenvalue weighted by atomic mass is 9.97. The molecule has 0 aliphatic rings. The van der Waals surface area contributed by atoms with Gasteiger partial charge in [0.05, 0.1) is 12.6 Å². The van der Waals surface area contributed by atoms with Crippen molar-refractivity contribution in [3.8, 4) is 0 Å². The largest absolute Gasteiger partial charge is 0.387 e. The van der Waals surface area contributed by atoms with Crippen LogP contribution in [-0.2, 0) is 12.0 Å². The lowest BCUT2D eigenvalue weighted by Crippen LogP contribution is -2.37. The third-order valence-corrected chi connectivity index (χ3v) is 3.23. The summed E-state index contributed by atoms with van der Waals surface area (Å²) in [5, 5.41) is 18.8. The second-order valence-electron chi connectivity index (χ2n) is 6.40. The summed E-state index contributed by atoms with van der Waals surface area (Å²) in [4.78, 5) is 15.9. The van der Waals surface area contributed by atoms with Crippen molar-refractivity contribution >= 4 is 6.03 Å². The number of aliphatic hydroxyl groups excluding tert-OH is 1.